The van der Waals surface area contributed by atoms with E-state index in [0.29, 0.717) is 13.1 Å². The number of halogens is 1. The number of benzene rings is 1. The minimum Gasteiger partial charge on any atom is -0.461 e. The summed E-state index contributed by atoms with van der Waals surface area (Å²) in [4.78, 5) is 11.7. The van der Waals surface area contributed by atoms with E-state index in [4.69, 9.17) is 4.74 Å². The van der Waals surface area contributed by atoms with Gasteiger partial charge in [-0.1, -0.05) is 12.1 Å². The van der Waals surface area contributed by atoms with Gasteiger partial charge in [-0.15, -0.1) is 0 Å². The van der Waals surface area contributed by atoms with Crippen LogP contribution in [0.5, 0.6) is 0 Å². The second-order valence-corrected chi connectivity index (χ2v) is 5.72. The molecule has 0 aliphatic rings. The fourth-order valence-electron chi connectivity index (χ4n) is 1.42. The van der Waals surface area contributed by atoms with Crippen LogP contribution in [-0.4, -0.2) is 18.6 Å². The van der Waals surface area contributed by atoms with E-state index in [2.05, 4.69) is 5.32 Å². The third kappa shape index (κ3) is 5.83. The Morgan fingerprint density at radius 1 is 1.32 bits per heavy atom. The van der Waals surface area contributed by atoms with Gasteiger partial charge in [0.25, 0.3) is 0 Å². The first-order valence-electron chi connectivity index (χ1n) is 6.45. The molecule has 1 aromatic rings. The van der Waals surface area contributed by atoms with Crippen molar-refractivity contribution in [3.63, 3.8) is 0 Å². The van der Waals surface area contributed by atoms with Crippen LogP contribution in [0.25, 0.3) is 0 Å². The zero-order valence-corrected chi connectivity index (χ0v) is 12.0. The second-order valence-electron chi connectivity index (χ2n) is 5.72. The predicted octanol–water partition coefficient (Wildman–Crippen LogP) is 2.89. The lowest BCUT2D eigenvalue weighted by molar-refractivity contribution is -0.157. The maximum atomic E-state index is 12.7. The average Bonchev–Trinajstić information content (AvgIpc) is 2.30. The Hall–Kier alpha value is -1.42. The van der Waals surface area contributed by atoms with Crippen LogP contribution in [0.4, 0.5) is 4.39 Å². The minimum atomic E-state index is -0.481. The van der Waals surface area contributed by atoms with E-state index in [1.165, 1.54) is 12.1 Å². The van der Waals surface area contributed by atoms with Crippen LogP contribution in [0.1, 0.15) is 33.3 Å². The fourth-order valence-corrected chi connectivity index (χ4v) is 1.42. The number of nitrogens with one attached hydrogen (secondary N) is 1. The van der Waals surface area contributed by atoms with Crippen molar-refractivity contribution in [3.8, 4) is 0 Å². The Bertz CT molecular complexity index is 409. The Morgan fingerprint density at radius 2 is 1.89 bits per heavy atom. The van der Waals surface area contributed by atoms with Crippen LogP contribution in [0.2, 0.25) is 0 Å². The molecule has 0 amide bonds. The highest BCUT2D eigenvalue weighted by atomic mass is 19.1. The summed E-state index contributed by atoms with van der Waals surface area (Å²) < 4.78 is 18.0. The van der Waals surface area contributed by atoms with Crippen molar-refractivity contribution in [1.82, 2.24) is 5.32 Å². The molecule has 0 heterocycles. The molecule has 1 aromatic carbocycles. The third-order valence-corrected chi connectivity index (χ3v) is 2.59. The quantitative estimate of drug-likeness (QED) is 0.834. The fraction of sp³-hybridized carbons (Fsp3) is 0.533. The van der Waals surface area contributed by atoms with Crippen molar-refractivity contribution in [2.45, 2.75) is 40.3 Å². The molecule has 0 bridgehead atoms. The van der Waals surface area contributed by atoms with Crippen molar-refractivity contribution in [3.05, 3.63) is 35.6 Å². The Balaban J connectivity index is 2.29. The van der Waals surface area contributed by atoms with E-state index < -0.39 is 5.41 Å². The first-order chi connectivity index (χ1) is 8.79. The molecule has 106 valence electrons. The number of esters is 1. The van der Waals surface area contributed by atoms with E-state index in [9.17, 15) is 9.18 Å². The molecule has 1 unspecified atom stereocenters. The average molecular weight is 267 g/mol. The first kappa shape index (κ1) is 15.6. The highest BCUT2D eigenvalue weighted by Crippen LogP contribution is 2.16. The van der Waals surface area contributed by atoms with Gasteiger partial charge in [0, 0.05) is 13.1 Å². The minimum absolute atomic E-state index is 0.188. The van der Waals surface area contributed by atoms with E-state index >= 15 is 0 Å². The SMILES string of the molecule is CC(CNCc1ccc(F)cc1)OC(=O)C(C)(C)C. The molecule has 4 heteroatoms. The van der Waals surface area contributed by atoms with Crippen LogP contribution >= 0.6 is 0 Å². The summed E-state index contributed by atoms with van der Waals surface area (Å²) in [6.07, 6.45) is -0.188. The number of hydrogen-bond donors (Lipinski definition) is 1. The largest absolute Gasteiger partial charge is 0.461 e. The molecule has 0 fully saturated rings. The molecule has 0 spiro atoms. The lowest BCUT2D eigenvalue weighted by Gasteiger charge is -2.21. The molecule has 0 aliphatic heterocycles. The highest BCUT2D eigenvalue weighted by molar-refractivity contribution is 5.75. The van der Waals surface area contributed by atoms with E-state index in [1.807, 2.05) is 27.7 Å². The maximum Gasteiger partial charge on any atom is 0.311 e. The molecule has 0 aliphatic carbocycles. The van der Waals surface area contributed by atoms with Crippen molar-refractivity contribution in [2.24, 2.45) is 5.41 Å². The molecular weight excluding hydrogens is 245 g/mol. The molecule has 1 rings (SSSR count). The Labute approximate surface area is 114 Å². The summed E-state index contributed by atoms with van der Waals surface area (Å²) >= 11 is 0. The molecule has 0 saturated carbocycles. The van der Waals surface area contributed by atoms with Crippen LogP contribution in [-0.2, 0) is 16.1 Å². The monoisotopic (exact) mass is 267 g/mol. The smallest absolute Gasteiger partial charge is 0.311 e. The van der Waals surface area contributed by atoms with Gasteiger partial charge in [-0.25, -0.2) is 4.39 Å². The zero-order chi connectivity index (χ0) is 14.5. The van der Waals surface area contributed by atoms with Crippen molar-refractivity contribution in [1.29, 1.82) is 0 Å². The summed E-state index contributed by atoms with van der Waals surface area (Å²) in [5.41, 5.74) is 0.515. The summed E-state index contributed by atoms with van der Waals surface area (Å²) in [5, 5.41) is 3.18. The molecular formula is C15H22FNO2. The maximum absolute atomic E-state index is 12.7. The second kappa shape index (κ2) is 6.66. The van der Waals surface area contributed by atoms with Crippen molar-refractivity contribution < 1.29 is 13.9 Å². The van der Waals surface area contributed by atoms with Crippen molar-refractivity contribution >= 4 is 5.97 Å². The van der Waals surface area contributed by atoms with E-state index in [-0.39, 0.29) is 17.9 Å². The van der Waals surface area contributed by atoms with Gasteiger partial charge in [-0.2, -0.15) is 0 Å². The topological polar surface area (TPSA) is 38.3 Å². The van der Waals surface area contributed by atoms with Gasteiger partial charge < -0.3 is 10.1 Å². The van der Waals surface area contributed by atoms with Crippen LogP contribution in [0, 0.1) is 11.2 Å². The summed E-state index contributed by atoms with van der Waals surface area (Å²) in [5.74, 6) is -0.445. The molecule has 0 saturated heterocycles. The predicted molar refractivity (Wildman–Crippen MR) is 73.1 cm³/mol. The van der Waals surface area contributed by atoms with Gasteiger partial charge in [-0.05, 0) is 45.4 Å². The molecule has 1 atom stereocenters. The van der Waals surface area contributed by atoms with Gasteiger partial charge in [0.15, 0.2) is 0 Å². The van der Waals surface area contributed by atoms with Gasteiger partial charge in [0.2, 0.25) is 0 Å². The highest BCUT2D eigenvalue weighted by Gasteiger charge is 2.24. The molecule has 1 N–H and O–H groups in total. The lowest BCUT2D eigenvalue weighted by atomic mass is 9.97. The van der Waals surface area contributed by atoms with Crippen LogP contribution in [0.15, 0.2) is 24.3 Å². The van der Waals surface area contributed by atoms with Gasteiger partial charge in [0.1, 0.15) is 11.9 Å². The Kier molecular flexibility index (Phi) is 5.48. The zero-order valence-electron chi connectivity index (χ0n) is 12.0. The van der Waals surface area contributed by atoms with Crippen molar-refractivity contribution in [2.75, 3.05) is 6.54 Å². The number of carbonyl (C=O) groups excluding carboxylic acids is 1. The van der Waals surface area contributed by atoms with Crippen LogP contribution < -0.4 is 5.32 Å². The number of rotatable bonds is 5. The summed E-state index contributed by atoms with van der Waals surface area (Å²) in [7, 11) is 0. The summed E-state index contributed by atoms with van der Waals surface area (Å²) in [6.45, 7) is 8.52. The van der Waals surface area contributed by atoms with E-state index in [0.717, 1.165) is 5.56 Å². The summed E-state index contributed by atoms with van der Waals surface area (Å²) in [6, 6.07) is 6.32. The van der Waals surface area contributed by atoms with Crippen LogP contribution in [0.3, 0.4) is 0 Å². The molecule has 0 aromatic heterocycles. The Morgan fingerprint density at radius 3 is 2.42 bits per heavy atom. The normalized spacial score (nSPS) is 13.1. The number of carbonyl (C=O) groups is 1. The standard InChI is InChI=1S/C15H22FNO2/c1-11(19-14(18)15(2,3)4)9-17-10-12-5-7-13(16)8-6-12/h5-8,11,17H,9-10H2,1-4H3. The molecule has 19 heavy (non-hydrogen) atoms. The van der Waals surface area contributed by atoms with Gasteiger partial charge in [0.05, 0.1) is 5.41 Å². The first-order valence-corrected chi connectivity index (χ1v) is 6.45. The molecule has 3 nitrogen and oxygen atoms in total. The van der Waals surface area contributed by atoms with Gasteiger partial charge in [-0.3, -0.25) is 4.79 Å². The third-order valence-electron chi connectivity index (χ3n) is 2.59. The lowest BCUT2D eigenvalue weighted by Crippen LogP contribution is -2.33. The molecule has 0 radical (unpaired) electrons. The van der Waals surface area contributed by atoms with E-state index in [1.54, 1.807) is 12.1 Å². The van der Waals surface area contributed by atoms with Gasteiger partial charge >= 0.3 is 5.97 Å². The number of hydrogen-bond acceptors (Lipinski definition) is 3. The number of ether oxygens (including phenoxy) is 1.